The van der Waals surface area contributed by atoms with Crippen LogP contribution in [0.25, 0.3) is 0 Å². The fraction of sp³-hybridized carbons (Fsp3) is 0.917. The molecule has 1 saturated carbocycles. The summed E-state index contributed by atoms with van der Waals surface area (Å²) in [4.78, 5) is 10.8. The van der Waals surface area contributed by atoms with E-state index in [0.717, 1.165) is 37.5 Å². The fourth-order valence-corrected chi connectivity index (χ4v) is 2.66. The van der Waals surface area contributed by atoms with Crippen LogP contribution in [0.3, 0.4) is 0 Å². The molecule has 0 spiro atoms. The number of nitrogens with one attached hydrogen (secondary N) is 1. The highest BCUT2D eigenvalue weighted by Gasteiger charge is 2.36. The van der Waals surface area contributed by atoms with Crippen LogP contribution in [-0.4, -0.2) is 23.7 Å². The lowest BCUT2D eigenvalue weighted by molar-refractivity contribution is -0.139. The van der Waals surface area contributed by atoms with Crippen LogP contribution in [-0.2, 0) is 4.79 Å². The molecule has 0 heterocycles. The third kappa shape index (κ3) is 3.20. The van der Waals surface area contributed by atoms with Crippen LogP contribution in [0.5, 0.6) is 0 Å². The number of carboxylic acid groups (broad SMARTS) is 1. The molecule has 1 fully saturated rings. The number of carbonyl (C=O) groups is 1. The van der Waals surface area contributed by atoms with E-state index in [0.29, 0.717) is 0 Å². The van der Waals surface area contributed by atoms with Crippen LogP contribution in [0.15, 0.2) is 0 Å². The molecule has 0 aliphatic heterocycles. The van der Waals surface area contributed by atoms with E-state index in [-0.39, 0.29) is 12.0 Å². The first-order chi connectivity index (χ1) is 6.99. The maximum atomic E-state index is 10.8. The molecule has 1 rings (SSSR count). The SMILES string of the molecule is CNC1(CC(=O)O)CCC(C(C)C)CC1. The zero-order valence-corrected chi connectivity index (χ0v) is 10.0. The van der Waals surface area contributed by atoms with Crippen LogP contribution < -0.4 is 5.32 Å². The Morgan fingerprint density at radius 3 is 2.33 bits per heavy atom. The quantitative estimate of drug-likeness (QED) is 0.753. The Bertz CT molecular complexity index is 218. The largest absolute Gasteiger partial charge is 0.481 e. The molecule has 0 saturated heterocycles. The molecule has 1 aliphatic carbocycles. The molecule has 0 aromatic rings. The van der Waals surface area contributed by atoms with Crippen LogP contribution >= 0.6 is 0 Å². The molecule has 0 radical (unpaired) electrons. The number of hydrogen-bond acceptors (Lipinski definition) is 2. The van der Waals surface area contributed by atoms with Gasteiger partial charge in [-0.1, -0.05) is 13.8 Å². The normalized spacial score (nSPS) is 31.9. The van der Waals surface area contributed by atoms with Crippen molar-refractivity contribution in [1.29, 1.82) is 0 Å². The molecule has 3 heteroatoms. The Hall–Kier alpha value is -0.570. The second-order valence-electron chi connectivity index (χ2n) is 5.18. The highest BCUT2D eigenvalue weighted by Crippen LogP contribution is 2.37. The molecule has 2 N–H and O–H groups in total. The maximum absolute atomic E-state index is 10.8. The summed E-state index contributed by atoms with van der Waals surface area (Å²) >= 11 is 0. The Morgan fingerprint density at radius 2 is 2.00 bits per heavy atom. The minimum atomic E-state index is -0.688. The van der Waals surface area contributed by atoms with E-state index < -0.39 is 5.97 Å². The number of aliphatic carboxylic acids is 1. The summed E-state index contributed by atoms with van der Waals surface area (Å²) in [7, 11) is 1.89. The monoisotopic (exact) mass is 213 g/mol. The van der Waals surface area contributed by atoms with Gasteiger partial charge in [-0.15, -0.1) is 0 Å². The lowest BCUT2D eigenvalue weighted by Gasteiger charge is -2.40. The van der Waals surface area contributed by atoms with Gasteiger partial charge < -0.3 is 10.4 Å². The zero-order valence-electron chi connectivity index (χ0n) is 10.0. The Morgan fingerprint density at radius 1 is 1.47 bits per heavy atom. The lowest BCUT2D eigenvalue weighted by atomic mass is 9.71. The lowest BCUT2D eigenvalue weighted by Crippen LogP contribution is -2.48. The first-order valence-corrected chi connectivity index (χ1v) is 5.90. The Labute approximate surface area is 92.3 Å². The predicted molar refractivity (Wildman–Crippen MR) is 60.8 cm³/mol. The van der Waals surface area contributed by atoms with Crippen LogP contribution in [0.2, 0.25) is 0 Å². The second-order valence-corrected chi connectivity index (χ2v) is 5.18. The van der Waals surface area contributed by atoms with Crippen molar-refractivity contribution in [3.05, 3.63) is 0 Å². The summed E-state index contributed by atoms with van der Waals surface area (Å²) in [5, 5.41) is 12.1. The van der Waals surface area contributed by atoms with Gasteiger partial charge in [0, 0.05) is 5.54 Å². The van der Waals surface area contributed by atoms with Crippen molar-refractivity contribution in [3.63, 3.8) is 0 Å². The molecule has 3 nitrogen and oxygen atoms in total. The van der Waals surface area contributed by atoms with Gasteiger partial charge in [0.15, 0.2) is 0 Å². The van der Waals surface area contributed by atoms with Gasteiger partial charge in [0.2, 0.25) is 0 Å². The number of carboxylic acids is 1. The van der Waals surface area contributed by atoms with E-state index in [1.165, 1.54) is 0 Å². The fourth-order valence-electron chi connectivity index (χ4n) is 2.66. The maximum Gasteiger partial charge on any atom is 0.305 e. The van der Waals surface area contributed by atoms with Gasteiger partial charge in [0.25, 0.3) is 0 Å². The predicted octanol–water partition coefficient (Wildman–Crippen LogP) is 2.27. The van der Waals surface area contributed by atoms with E-state index in [9.17, 15) is 4.79 Å². The molecule has 88 valence electrons. The van der Waals surface area contributed by atoms with Gasteiger partial charge in [-0.3, -0.25) is 4.79 Å². The molecule has 0 unspecified atom stereocenters. The van der Waals surface area contributed by atoms with Crippen molar-refractivity contribution in [2.75, 3.05) is 7.05 Å². The smallest absolute Gasteiger partial charge is 0.305 e. The molecule has 0 atom stereocenters. The van der Waals surface area contributed by atoms with Gasteiger partial charge >= 0.3 is 5.97 Å². The van der Waals surface area contributed by atoms with Gasteiger partial charge in [-0.2, -0.15) is 0 Å². The minimum Gasteiger partial charge on any atom is -0.481 e. The highest BCUT2D eigenvalue weighted by molar-refractivity contribution is 5.68. The summed E-state index contributed by atoms with van der Waals surface area (Å²) < 4.78 is 0. The van der Waals surface area contributed by atoms with Gasteiger partial charge in [-0.25, -0.2) is 0 Å². The van der Waals surface area contributed by atoms with E-state index in [1.807, 2.05) is 7.05 Å². The molecule has 15 heavy (non-hydrogen) atoms. The topological polar surface area (TPSA) is 49.3 Å². The van der Waals surface area contributed by atoms with Crippen LogP contribution in [0, 0.1) is 11.8 Å². The van der Waals surface area contributed by atoms with Crippen molar-refractivity contribution in [3.8, 4) is 0 Å². The average Bonchev–Trinajstić information content (AvgIpc) is 2.17. The van der Waals surface area contributed by atoms with Crippen LogP contribution in [0.1, 0.15) is 46.0 Å². The summed E-state index contributed by atoms with van der Waals surface area (Å²) in [5.74, 6) is 0.817. The van der Waals surface area contributed by atoms with Crippen molar-refractivity contribution in [2.24, 2.45) is 11.8 Å². The molecular weight excluding hydrogens is 190 g/mol. The summed E-state index contributed by atoms with van der Waals surface area (Å²) in [6.45, 7) is 4.52. The molecule has 1 aliphatic rings. The third-order valence-electron chi connectivity index (χ3n) is 3.95. The minimum absolute atomic E-state index is 0.142. The Kier molecular flexibility index (Phi) is 4.14. The zero-order chi connectivity index (χ0) is 11.5. The summed E-state index contributed by atoms with van der Waals surface area (Å²) in [6.07, 6.45) is 4.57. The molecular formula is C12H23NO2. The first kappa shape index (κ1) is 12.5. The van der Waals surface area contributed by atoms with Crippen molar-refractivity contribution in [2.45, 2.75) is 51.5 Å². The third-order valence-corrected chi connectivity index (χ3v) is 3.95. The molecule has 0 amide bonds. The number of hydrogen-bond donors (Lipinski definition) is 2. The van der Waals surface area contributed by atoms with Crippen LogP contribution in [0.4, 0.5) is 0 Å². The molecule has 0 bridgehead atoms. The standard InChI is InChI=1S/C12H23NO2/c1-9(2)10-4-6-12(13-3,7-5-10)8-11(14)15/h9-10,13H,4-8H2,1-3H3,(H,14,15). The van der Waals surface area contributed by atoms with E-state index in [2.05, 4.69) is 19.2 Å². The van der Waals surface area contributed by atoms with E-state index in [1.54, 1.807) is 0 Å². The molecule has 0 aromatic carbocycles. The summed E-state index contributed by atoms with van der Waals surface area (Å²) in [6, 6.07) is 0. The van der Waals surface area contributed by atoms with E-state index >= 15 is 0 Å². The summed E-state index contributed by atoms with van der Waals surface area (Å²) in [5.41, 5.74) is -0.142. The second kappa shape index (κ2) is 4.97. The Balaban J connectivity index is 2.54. The average molecular weight is 213 g/mol. The van der Waals surface area contributed by atoms with Crippen molar-refractivity contribution in [1.82, 2.24) is 5.32 Å². The van der Waals surface area contributed by atoms with Gasteiger partial charge in [0.05, 0.1) is 6.42 Å². The van der Waals surface area contributed by atoms with Gasteiger partial charge in [0.1, 0.15) is 0 Å². The van der Waals surface area contributed by atoms with E-state index in [4.69, 9.17) is 5.11 Å². The van der Waals surface area contributed by atoms with Crippen molar-refractivity contribution >= 4 is 5.97 Å². The van der Waals surface area contributed by atoms with Crippen molar-refractivity contribution < 1.29 is 9.90 Å². The molecule has 0 aromatic heterocycles. The number of rotatable bonds is 4. The highest BCUT2D eigenvalue weighted by atomic mass is 16.4. The van der Waals surface area contributed by atoms with Gasteiger partial charge in [-0.05, 0) is 44.6 Å². The first-order valence-electron chi connectivity index (χ1n) is 5.90.